The summed E-state index contributed by atoms with van der Waals surface area (Å²) in [6, 6.07) is 19.8. The summed E-state index contributed by atoms with van der Waals surface area (Å²) in [4.78, 5) is 28.5. The van der Waals surface area contributed by atoms with E-state index in [4.69, 9.17) is 0 Å². The molecule has 1 atom stereocenters. The van der Waals surface area contributed by atoms with Gasteiger partial charge in [0.2, 0.25) is 15.7 Å². The van der Waals surface area contributed by atoms with Crippen molar-refractivity contribution in [3.8, 4) is 23.1 Å². The van der Waals surface area contributed by atoms with Gasteiger partial charge in [0, 0.05) is 19.0 Å². The highest BCUT2D eigenvalue weighted by Gasteiger charge is 2.34. The highest BCUT2D eigenvalue weighted by Crippen LogP contribution is 2.40. The zero-order chi connectivity index (χ0) is 30.0. The van der Waals surface area contributed by atoms with Crippen LogP contribution in [0.3, 0.4) is 0 Å². The van der Waals surface area contributed by atoms with Gasteiger partial charge in [0.1, 0.15) is 5.82 Å². The Hall–Kier alpha value is -4.75. The van der Waals surface area contributed by atoms with Gasteiger partial charge in [0.05, 0.1) is 22.6 Å². The van der Waals surface area contributed by atoms with E-state index in [9.17, 15) is 28.4 Å². The number of aromatic hydroxyl groups is 1. The number of amides is 1. The number of fused-ring (bicyclic) bond motifs is 1. The number of nitriles is 1. The van der Waals surface area contributed by atoms with Gasteiger partial charge in [0.15, 0.2) is 4.90 Å². The molecule has 0 saturated carbocycles. The van der Waals surface area contributed by atoms with Crippen LogP contribution in [0.5, 0.6) is 5.88 Å². The summed E-state index contributed by atoms with van der Waals surface area (Å²) in [6.45, 7) is 1.99. The lowest BCUT2D eigenvalue weighted by molar-refractivity contribution is 0.0963. The molecule has 10 heteroatoms. The summed E-state index contributed by atoms with van der Waals surface area (Å²) in [5.41, 5.74) is 3.09. The number of aromatic nitrogens is 2. The predicted molar refractivity (Wildman–Crippen MR) is 157 cm³/mol. The Balaban J connectivity index is 1.60. The second-order valence-corrected chi connectivity index (χ2v) is 12.1. The molecular formula is C32H30N4O5S. The van der Waals surface area contributed by atoms with Gasteiger partial charge in [-0.25, -0.2) is 8.42 Å². The molecule has 0 bridgehead atoms. The first kappa shape index (κ1) is 28.8. The molecule has 214 valence electrons. The second-order valence-electron chi connectivity index (χ2n) is 10.2. The number of hydrogen-bond donors (Lipinski definition) is 2. The molecule has 3 aromatic carbocycles. The van der Waals surface area contributed by atoms with Crippen LogP contribution in [0, 0.1) is 11.3 Å². The number of hydrogen-bond acceptors (Lipinski definition) is 7. The lowest BCUT2D eigenvalue weighted by Crippen LogP contribution is -2.27. The fourth-order valence-electron chi connectivity index (χ4n) is 5.47. The molecule has 0 unspecified atom stereocenters. The number of nitrogens with one attached hydrogen (secondary N) is 1. The van der Waals surface area contributed by atoms with Crippen LogP contribution in [0.1, 0.15) is 65.1 Å². The van der Waals surface area contributed by atoms with Crippen molar-refractivity contribution in [2.24, 2.45) is 0 Å². The number of aryl methyl sites for hydroxylation is 2. The van der Waals surface area contributed by atoms with Crippen molar-refractivity contribution in [2.75, 3.05) is 7.05 Å². The fourth-order valence-corrected chi connectivity index (χ4v) is 6.81. The monoisotopic (exact) mass is 582 g/mol. The Kier molecular flexibility index (Phi) is 7.96. The highest BCUT2D eigenvalue weighted by molar-refractivity contribution is 7.91. The molecule has 1 aliphatic carbocycles. The van der Waals surface area contributed by atoms with Gasteiger partial charge >= 0.3 is 0 Å². The Morgan fingerprint density at radius 3 is 2.57 bits per heavy atom. The minimum absolute atomic E-state index is 0.172. The number of rotatable bonds is 8. The van der Waals surface area contributed by atoms with E-state index in [1.807, 2.05) is 13.0 Å². The Morgan fingerprint density at radius 1 is 1.12 bits per heavy atom. The Labute approximate surface area is 244 Å². The van der Waals surface area contributed by atoms with Crippen molar-refractivity contribution in [1.29, 1.82) is 5.26 Å². The third-order valence-corrected chi connectivity index (χ3v) is 9.43. The molecule has 4 aromatic rings. The van der Waals surface area contributed by atoms with E-state index in [1.165, 1.54) is 23.7 Å². The van der Waals surface area contributed by atoms with E-state index < -0.39 is 32.2 Å². The maximum absolute atomic E-state index is 13.8. The number of unbranched alkanes of at least 4 members (excludes halogenated alkanes) is 1. The van der Waals surface area contributed by atoms with Crippen molar-refractivity contribution in [1.82, 2.24) is 14.9 Å². The lowest BCUT2D eigenvalue weighted by Gasteiger charge is -2.23. The van der Waals surface area contributed by atoms with Gasteiger partial charge in [-0.3, -0.25) is 14.2 Å². The maximum Gasteiger partial charge on any atom is 0.296 e. The molecule has 42 heavy (non-hydrogen) atoms. The number of nitrogens with zero attached hydrogens (tertiary/aromatic N) is 3. The van der Waals surface area contributed by atoms with Crippen molar-refractivity contribution in [2.45, 2.75) is 54.9 Å². The molecular weight excluding hydrogens is 552 g/mol. The molecule has 0 radical (unpaired) electrons. The Morgan fingerprint density at radius 2 is 1.88 bits per heavy atom. The van der Waals surface area contributed by atoms with Gasteiger partial charge < -0.3 is 10.4 Å². The molecule has 0 saturated heterocycles. The SMILES string of the molecule is CCCCc1nc(=O)c(S(=O)(=O)c2ccc(-c3cccc(C(=O)NC)c3)cc2)c(O)n1[C@@H]1CCc2ccc(C#N)cc21. The normalized spacial score (nSPS) is 14.3. The third-order valence-electron chi connectivity index (χ3n) is 7.64. The van der Waals surface area contributed by atoms with Gasteiger partial charge in [-0.15, -0.1) is 0 Å². The smallest absolute Gasteiger partial charge is 0.296 e. The van der Waals surface area contributed by atoms with Crippen LogP contribution in [0.2, 0.25) is 0 Å². The summed E-state index contributed by atoms with van der Waals surface area (Å²) in [7, 11) is -2.93. The van der Waals surface area contributed by atoms with E-state index in [-0.39, 0.29) is 10.8 Å². The zero-order valence-corrected chi connectivity index (χ0v) is 24.1. The lowest BCUT2D eigenvalue weighted by atomic mass is 10.0. The van der Waals surface area contributed by atoms with E-state index in [0.717, 1.165) is 17.5 Å². The van der Waals surface area contributed by atoms with Gasteiger partial charge in [0.25, 0.3) is 11.5 Å². The maximum atomic E-state index is 13.8. The zero-order valence-electron chi connectivity index (χ0n) is 23.3. The molecule has 1 amide bonds. The van der Waals surface area contributed by atoms with Crippen LogP contribution in [-0.2, 0) is 22.7 Å². The second kappa shape index (κ2) is 11.6. The molecule has 1 aliphatic rings. The van der Waals surface area contributed by atoms with Crippen molar-refractivity contribution in [3.05, 3.63) is 105 Å². The minimum Gasteiger partial charge on any atom is -0.493 e. The quantitative estimate of drug-likeness (QED) is 0.310. The third kappa shape index (κ3) is 5.19. The fraction of sp³-hybridized carbons (Fsp3) is 0.250. The number of benzene rings is 3. The topological polar surface area (TPSA) is 142 Å². The number of sulfone groups is 1. The first-order valence-electron chi connectivity index (χ1n) is 13.7. The van der Waals surface area contributed by atoms with Crippen LogP contribution < -0.4 is 10.9 Å². The molecule has 5 rings (SSSR count). The van der Waals surface area contributed by atoms with Crippen LogP contribution in [0.4, 0.5) is 0 Å². The molecule has 0 spiro atoms. The van der Waals surface area contributed by atoms with E-state index in [1.54, 1.807) is 48.5 Å². The summed E-state index contributed by atoms with van der Waals surface area (Å²) in [6.07, 6.45) is 3.13. The average Bonchev–Trinajstić information content (AvgIpc) is 3.42. The van der Waals surface area contributed by atoms with E-state index in [2.05, 4.69) is 16.4 Å². The first-order valence-corrected chi connectivity index (χ1v) is 15.2. The number of carbonyl (C=O) groups is 1. The number of carbonyl (C=O) groups excluding carboxylic acids is 1. The van der Waals surface area contributed by atoms with Gasteiger partial charge in [-0.1, -0.05) is 43.7 Å². The van der Waals surface area contributed by atoms with Crippen molar-refractivity contribution < 1.29 is 18.3 Å². The summed E-state index contributed by atoms with van der Waals surface area (Å²) in [5.74, 6) is -0.583. The molecule has 1 heterocycles. The average molecular weight is 583 g/mol. The van der Waals surface area contributed by atoms with E-state index in [0.29, 0.717) is 53.8 Å². The van der Waals surface area contributed by atoms with Crippen molar-refractivity contribution >= 4 is 15.7 Å². The molecule has 0 aliphatic heterocycles. The van der Waals surface area contributed by atoms with E-state index >= 15 is 0 Å². The molecule has 2 N–H and O–H groups in total. The first-order chi connectivity index (χ1) is 20.2. The van der Waals surface area contributed by atoms with Crippen molar-refractivity contribution in [3.63, 3.8) is 0 Å². The minimum atomic E-state index is -4.47. The van der Waals surface area contributed by atoms with Crippen LogP contribution >= 0.6 is 0 Å². The predicted octanol–water partition coefficient (Wildman–Crippen LogP) is 4.56. The van der Waals surface area contributed by atoms with Gasteiger partial charge in [-0.2, -0.15) is 10.2 Å². The molecule has 9 nitrogen and oxygen atoms in total. The largest absolute Gasteiger partial charge is 0.493 e. The molecule has 1 aromatic heterocycles. The van der Waals surface area contributed by atoms with Crippen LogP contribution in [0.25, 0.3) is 11.1 Å². The van der Waals surface area contributed by atoms with Crippen LogP contribution in [-0.4, -0.2) is 36.0 Å². The summed E-state index contributed by atoms with van der Waals surface area (Å²) in [5, 5.41) is 23.6. The Bertz CT molecular complexity index is 1890. The highest BCUT2D eigenvalue weighted by atomic mass is 32.2. The molecule has 0 fully saturated rings. The van der Waals surface area contributed by atoms with Crippen LogP contribution in [0.15, 0.2) is 81.3 Å². The van der Waals surface area contributed by atoms with Gasteiger partial charge in [-0.05, 0) is 77.9 Å². The summed E-state index contributed by atoms with van der Waals surface area (Å²) >= 11 is 0. The standard InChI is InChI=1S/C32H30N4O5S/c1-3-4-8-28-35-31(38)29(32(39)36(28)27-16-13-22-10-9-20(19-33)17-26(22)27)42(40,41)25-14-11-21(12-15-25)23-6-5-7-24(18-23)30(37)34-2/h5-7,9-12,14-15,17-18,27,39H,3-4,8,13,16H2,1-2H3,(H,34,37)/t27-/m1/s1. The summed E-state index contributed by atoms with van der Waals surface area (Å²) < 4.78 is 29.1.